The lowest BCUT2D eigenvalue weighted by molar-refractivity contribution is 0.232. The van der Waals surface area contributed by atoms with Crippen LogP contribution in [0.3, 0.4) is 0 Å². The van der Waals surface area contributed by atoms with Gasteiger partial charge in [0.25, 0.3) is 5.89 Å². The van der Waals surface area contributed by atoms with E-state index in [2.05, 4.69) is 35.6 Å². The molecule has 0 spiro atoms. The zero-order valence-electron chi connectivity index (χ0n) is 30.0. The number of carbonyl (C=O) groups is 1. The van der Waals surface area contributed by atoms with Crippen molar-refractivity contribution in [3.8, 4) is 11.5 Å². The molecule has 0 radical (unpaired) electrons. The number of aromatic nitrogens is 5. The van der Waals surface area contributed by atoms with Crippen molar-refractivity contribution in [3.05, 3.63) is 62.4 Å². The van der Waals surface area contributed by atoms with E-state index >= 15 is 13.2 Å². The van der Waals surface area contributed by atoms with E-state index in [1.54, 1.807) is 16.4 Å². The van der Waals surface area contributed by atoms with Crippen molar-refractivity contribution in [2.75, 3.05) is 80.3 Å². The molecular weight excluding hydrogens is 695 g/mol. The number of anilines is 4. The van der Waals surface area contributed by atoms with Crippen molar-refractivity contribution < 1.29 is 22.4 Å². The molecule has 2 fully saturated rings. The van der Waals surface area contributed by atoms with E-state index in [0.29, 0.717) is 44.9 Å². The van der Waals surface area contributed by atoms with Gasteiger partial charge >= 0.3 is 12.0 Å². The molecule has 2 amide bonds. The smallest absolute Gasteiger partial charge is 0.327 e. The van der Waals surface area contributed by atoms with Crippen LogP contribution in [0.2, 0.25) is 0 Å². The first kappa shape index (κ1) is 35.9. The van der Waals surface area contributed by atoms with Gasteiger partial charge in [-0.05, 0) is 47.0 Å². The van der Waals surface area contributed by atoms with Crippen molar-refractivity contribution in [2.24, 2.45) is 0 Å². The van der Waals surface area contributed by atoms with Crippen LogP contribution in [0.5, 0.6) is 0 Å². The van der Waals surface area contributed by atoms with Gasteiger partial charge in [0.05, 0.1) is 16.3 Å². The SMILES string of the molecule is CCn1cc(-c2nnc(NC(=O)Nc3cn(CC)c4c(F)c(N5CCN(C)C(C)C5)c(F)cc4c3=O)o2)c(=O)c2cc(F)c(N3CCN(C)CC3)nc21. The van der Waals surface area contributed by atoms with Crippen molar-refractivity contribution in [1.82, 2.24) is 34.1 Å². The summed E-state index contributed by atoms with van der Waals surface area (Å²) in [5.74, 6) is -2.43. The second kappa shape index (κ2) is 14.1. The number of nitrogens with one attached hydrogen (secondary N) is 2. The fourth-order valence-corrected chi connectivity index (χ4v) is 6.90. The van der Waals surface area contributed by atoms with E-state index < -0.39 is 40.4 Å². The number of rotatable bonds is 7. The minimum absolute atomic E-state index is 0.0202. The maximum atomic E-state index is 16.0. The third-order valence-electron chi connectivity index (χ3n) is 10.1. The number of aryl methyl sites for hydroxylation is 2. The number of amides is 2. The van der Waals surface area contributed by atoms with Crippen molar-refractivity contribution in [2.45, 2.75) is 39.9 Å². The first-order valence-electron chi connectivity index (χ1n) is 17.5. The minimum atomic E-state index is -0.963. The molecule has 1 unspecified atom stereocenters. The van der Waals surface area contributed by atoms with Crippen LogP contribution in [-0.2, 0) is 13.1 Å². The fraction of sp³-hybridized carbons (Fsp3) is 0.429. The normalized spacial score (nSPS) is 17.2. The topological polar surface area (TPSA) is 150 Å². The van der Waals surface area contributed by atoms with Gasteiger partial charge in [-0.15, -0.1) is 5.10 Å². The summed E-state index contributed by atoms with van der Waals surface area (Å²) in [6.45, 7) is 10.3. The molecule has 2 saturated heterocycles. The van der Waals surface area contributed by atoms with Gasteiger partial charge in [0.1, 0.15) is 28.4 Å². The molecular formula is C35H40F3N11O4. The summed E-state index contributed by atoms with van der Waals surface area (Å²) in [6.07, 6.45) is 2.77. The number of pyridine rings is 3. The van der Waals surface area contributed by atoms with E-state index in [-0.39, 0.29) is 57.5 Å². The lowest BCUT2D eigenvalue weighted by Gasteiger charge is -2.39. The molecule has 53 heavy (non-hydrogen) atoms. The van der Waals surface area contributed by atoms with Crippen LogP contribution in [0.15, 0.2) is 38.5 Å². The van der Waals surface area contributed by atoms with Gasteiger partial charge in [0, 0.05) is 77.3 Å². The van der Waals surface area contributed by atoms with E-state index in [1.165, 1.54) is 17.0 Å². The molecule has 5 aromatic rings. The summed E-state index contributed by atoms with van der Waals surface area (Å²) in [5, 5.41) is 12.2. The Kier molecular flexibility index (Phi) is 9.58. The summed E-state index contributed by atoms with van der Waals surface area (Å²) in [6, 6.07) is 0.858. The first-order chi connectivity index (χ1) is 25.4. The van der Waals surface area contributed by atoms with E-state index in [1.807, 2.05) is 32.8 Å². The Morgan fingerprint density at radius 2 is 1.57 bits per heavy atom. The number of halogens is 3. The zero-order chi connectivity index (χ0) is 37.7. The molecule has 7 rings (SSSR count). The van der Waals surface area contributed by atoms with Crippen LogP contribution < -0.4 is 31.3 Å². The lowest BCUT2D eigenvalue weighted by atomic mass is 10.1. The molecule has 18 heteroatoms. The Morgan fingerprint density at radius 3 is 2.26 bits per heavy atom. The molecule has 1 atom stereocenters. The Hall–Kier alpha value is -5.49. The van der Waals surface area contributed by atoms with Crippen LogP contribution in [0, 0.1) is 17.5 Å². The van der Waals surface area contributed by atoms with Gasteiger partial charge < -0.3 is 38.5 Å². The van der Waals surface area contributed by atoms with Crippen LogP contribution in [-0.4, -0.2) is 106 Å². The number of benzene rings is 1. The number of fused-ring (bicyclic) bond motifs is 2. The highest BCUT2D eigenvalue weighted by Crippen LogP contribution is 2.32. The predicted octanol–water partition coefficient (Wildman–Crippen LogP) is 3.75. The van der Waals surface area contributed by atoms with Crippen LogP contribution in [0.1, 0.15) is 20.8 Å². The first-order valence-corrected chi connectivity index (χ1v) is 17.5. The average molecular weight is 736 g/mol. The second-order valence-corrected chi connectivity index (χ2v) is 13.5. The minimum Gasteiger partial charge on any atom is -0.403 e. The van der Waals surface area contributed by atoms with Gasteiger partial charge in [0.15, 0.2) is 17.5 Å². The monoisotopic (exact) mass is 735 g/mol. The standard InChI is InChI=1S/C35H40F3N11O4/c1-6-46-18-25(30(51)20-14-23(36)28(26(38)27(20)46)49-13-10-45(5)19(3)16-49)39-34(52)41-35-43-42-33(53-35)22-17-47(7-2)31-21(29(22)50)15-24(37)32(40-31)48-11-8-44(4)9-12-48/h14-15,17-19H,6-13,16H2,1-5H3,(H2,39,41,43,52). The number of nitrogens with zero attached hydrogens (tertiary/aromatic N) is 9. The van der Waals surface area contributed by atoms with Crippen LogP contribution in [0.25, 0.3) is 33.4 Å². The largest absolute Gasteiger partial charge is 0.403 e. The molecule has 2 aliphatic rings. The highest BCUT2D eigenvalue weighted by Gasteiger charge is 2.29. The van der Waals surface area contributed by atoms with E-state index in [0.717, 1.165) is 25.2 Å². The maximum absolute atomic E-state index is 16.0. The molecule has 1 aromatic carbocycles. The predicted molar refractivity (Wildman–Crippen MR) is 195 cm³/mol. The summed E-state index contributed by atoms with van der Waals surface area (Å²) in [4.78, 5) is 52.4. The maximum Gasteiger partial charge on any atom is 0.327 e. The second-order valence-electron chi connectivity index (χ2n) is 13.5. The summed E-state index contributed by atoms with van der Waals surface area (Å²) >= 11 is 0. The van der Waals surface area contributed by atoms with Crippen LogP contribution in [0.4, 0.5) is 41.2 Å². The number of hydrogen-bond acceptors (Lipinski definition) is 11. The highest BCUT2D eigenvalue weighted by molar-refractivity contribution is 6.00. The molecule has 280 valence electrons. The molecule has 15 nitrogen and oxygen atoms in total. The number of piperazine rings is 2. The lowest BCUT2D eigenvalue weighted by Crippen LogP contribution is -2.50. The number of hydrogen-bond donors (Lipinski definition) is 2. The number of likely N-dealkylation sites (N-methyl/N-ethyl adjacent to an activating group) is 2. The number of carbonyl (C=O) groups excluding carboxylic acids is 1. The van der Waals surface area contributed by atoms with Gasteiger partial charge in [-0.25, -0.2) is 22.9 Å². The number of urea groups is 1. The highest BCUT2D eigenvalue weighted by atomic mass is 19.1. The quantitative estimate of drug-likeness (QED) is 0.252. The Balaban J connectivity index is 1.14. The molecule has 4 aromatic heterocycles. The fourth-order valence-electron chi connectivity index (χ4n) is 6.90. The average Bonchev–Trinajstić information content (AvgIpc) is 3.59. The zero-order valence-corrected chi connectivity index (χ0v) is 30.0. The van der Waals surface area contributed by atoms with Crippen molar-refractivity contribution >= 4 is 51.2 Å². The van der Waals surface area contributed by atoms with Crippen molar-refractivity contribution in [3.63, 3.8) is 0 Å². The third-order valence-corrected chi connectivity index (χ3v) is 10.1. The van der Waals surface area contributed by atoms with Crippen LogP contribution >= 0.6 is 0 Å². The third kappa shape index (κ3) is 6.56. The molecule has 2 N–H and O–H groups in total. The molecule has 0 bridgehead atoms. The summed E-state index contributed by atoms with van der Waals surface area (Å²) < 4.78 is 55.6. The van der Waals surface area contributed by atoms with Gasteiger partial charge in [0.2, 0.25) is 10.9 Å². The van der Waals surface area contributed by atoms with Gasteiger partial charge in [-0.1, -0.05) is 5.10 Å². The summed E-state index contributed by atoms with van der Waals surface area (Å²) in [7, 11) is 3.94. The molecule has 0 saturated carbocycles. The van der Waals surface area contributed by atoms with Gasteiger partial charge in [-0.3, -0.25) is 14.9 Å². The van der Waals surface area contributed by atoms with E-state index in [9.17, 15) is 14.4 Å². The Bertz CT molecular complexity index is 2350. The van der Waals surface area contributed by atoms with Gasteiger partial charge in [-0.2, -0.15) is 0 Å². The molecule has 6 heterocycles. The Morgan fingerprint density at radius 1 is 0.868 bits per heavy atom. The van der Waals surface area contributed by atoms with Crippen molar-refractivity contribution in [1.29, 1.82) is 0 Å². The van der Waals surface area contributed by atoms with E-state index in [4.69, 9.17) is 4.42 Å². The molecule has 2 aliphatic heterocycles. The molecule has 0 aliphatic carbocycles. The summed E-state index contributed by atoms with van der Waals surface area (Å²) in [5.41, 5.74) is -1.65. The Labute approximate surface area is 301 Å².